The van der Waals surface area contributed by atoms with Gasteiger partial charge in [-0.1, -0.05) is 6.07 Å². The van der Waals surface area contributed by atoms with Gasteiger partial charge in [0.1, 0.15) is 5.75 Å². The van der Waals surface area contributed by atoms with Gasteiger partial charge in [-0.3, -0.25) is 9.10 Å². The van der Waals surface area contributed by atoms with Gasteiger partial charge in [-0.05, 0) is 48.9 Å². The van der Waals surface area contributed by atoms with Crippen molar-refractivity contribution in [2.75, 3.05) is 29.0 Å². The van der Waals surface area contributed by atoms with E-state index in [2.05, 4.69) is 5.32 Å². The average Bonchev–Trinajstić information content (AvgIpc) is 3.13. The molecule has 6 nitrogen and oxygen atoms in total. The van der Waals surface area contributed by atoms with E-state index in [-0.39, 0.29) is 11.7 Å². The van der Waals surface area contributed by atoms with Crippen LogP contribution in [0.5, 0.6) is 5.75 Å². The van der Waals surface area contributed by atoms with Crippen molar-refractivity contribution in [3.05, 3.63) is 40.6 Å². The molecule has 1 aromatic carbocycles. The maximum atomic E-state index is 12.4. The smallest absolute Gasteiger partial charge is 0.235 e. The Morgan fingerprint density at radius 2 is 2.15 bits per heavy atom. The van der Waals surface area contributed by atoms with Gasteiger partial charge in [-0.2, -0.15) is 0 Å². The van der Waals surface area contributed by atoms with Crippen molar-refractivity contribution in [1.29, 1.82) is 0 Å². The largest absolute Gasteiger partial charge is 0.495 e. The predicted molar refractivity (Wildman–Crippen MR) is 105 cm³/mol. The van der Waals surface area contributed by atoms with Crippen LogP contribution in [0.15, 0.2) is 35.7 Å². The molecule has 0 aliphatic carbocycles. The number of ether oxygens (including phenoxy) is 1. The fraction of sp³-hybridized carbons (Fsp3) is 0.389. The highest BCUT2D eigenvalue weighted by molar-refractivity contribution is 7.92. The van der Waals surface area contributed by atoms with Crippen LogP contribution in [0.1, 0.15) is 24.1 Å². The molecule has 1 N–H and O–H groups in total. The number of benzene rings is 1. The molecule has 1 aliphatic heterocycles. The molecule has 1 aliphatic rings. The standard InChI is InChI=1S/C18H22N2O4S2/c1-24-17-8-6-14(19-18(21)9-7-15-5-4-11-25-15)13-16(17)20-10-2-3-12-26(20,22)23/h4-6,8,11,13H,2-3,7,9-10,12H2,1H3,(H,19,21). The molecule has 0 bridgehead atoms. The molecule has 0 unspecified atom stereocenters. The van der Waals surface area contributed by atoms with Crippen molar-refractivity contribution in [2.45, 2.75) is 25.7 Å². The van der Waals surface area contributed by atoms with Crippen molar-refractivity contribution in [3.63, 3.8) is 0 Å². The maximum Gasteiger partial charge on any atom is 0.235 e. The van der Waals surface area contributed by atoms with E-state index in [4.69, 9.17) is 4.74 Å². The number of carbonyl (C=O) groups excluding carboxylic acids is 1. The van der Waals surface area contributed by atoms with E-state index in [9.17, 15) is 13.2 Å². The van der Waals surface area contributed by atoms with Gasteiger partial charge < -0.3 is 10.1 Å². The second kappa shape index (κ2) is 8.09. The zero-order chi connectivity index (χ0) is 18.6. The zero-order valence-corrected chi connectivity index (χ0v) is 16.2. The molecular weight excluding hydrogens is 372 g/mol. The van der Waals surface area contributed by atoms with Gasteiger partial charge in [-0.25, -0.2) is 8.42 Å². The number of amides is 1. The topological polar surface area (TPSA) is 75.7 Å². The molecule has 0 radical (unpaired) electrons. The van der Waals surface area contributed by atoms with Crippen LogP contribution in [0, 0.1) is 0 Å². The Morgan fingerprint density at radius 3 is 2.85 bits per heavy atom. The molecule has 0 saturated carbocycles. The summed E-state index contributed by atoms with van der Waals surface area (Å²) in [6, 6.07) is 9.05. The molecule has 1 saturated heterocycles. The van der Waals surface area contributed by atoms with E-state index in [0.717, 1.165) is 11.3 Å². The van der Waals surface area contributed by atoms with Gasteiger partial charge in [0.05, 0.1) is 18.6 Å². The first-order chi connectivity index (χ1) is 12.5. The van der Waals surface area contributed by atoms with Crippen LogP contribution in [0.2, 0.25) is 0 Å². The first-order valence-corrected chi connectivity index (χ1v) is 11.0. The van der Waals surface area contributed by atoms with E-state index in [1.807, 2.05) is 17.5 Å². The highest BCUT2D eigenvalue weighted by Gasteiger charge is 2.28. The monoisotopic (exact) mass is 394 g/mol. The average molecular weight is 395 g/mol. The van der Waals surface area contributed by atoms with Crippen molar-refractivity contribution < 1.29 is 17.9 Å². The summed E-state index contributed by atoms with van der Waals surface area (Å²) in [5.74, 6) is 0.510. The van der Waals surface area contributed by atoms with Crippen LogP contribution >= 0.6 is 11.3 Å². The van der Waals surface area contributed by atoms with Crippen molar-refractivity contribution in [2.24, 2.45) is 0 Å². The second-order valence-corrected chi connectivity index (χ2v) is 9.15. The summed E-state index contributed by atoms with van der Waals surface area (Å²) in [5, 5.41) is 4.84. The molecule has 1 fully saturated rings. The first-order valence-electron chi connectivity index (χ1n) is 8.50. The second-order valence-electron chi connectivity index (χ2n) is 6.11. The number of aryl methyl sites for hydroxylation is 1. The quantitative estimate of drug-likeness (QED) is 0.816. The number of anilines is 2. The summed E-state index contributed by atoms with van der Waals surface area (Å²) in [5.41, 5.74) is 1.04. The maximum absolute atomic E-state index is 12.4. The van der Waals surface area contributed by atoms with Crippen LogP contribution < -0.4 is 14.4 Å². The van der Waals surface area contributed by atoms with Crippen LogP contribution in [-0.4, -0.2) is 33.7 Å². The number of hydrogen-bond donors (Lipinski definition) is 1. The number of nitrogens with one attached hydrogen (secondary N) is 1. The minimum absolute atomic E-state index is 0.101. The number of sulfonamides is 1. The highest BCUT2D eigenvalue weighted by Crippen LogP contribution is 2.35. The molecule has 0 spiro atoms. The molecular formula is C18H22N2O4S2. The number of nitrogens with zero attached hydrogens (tertiary/aromatic N) is 1. The third-order valence-corrected chi connectivity index (χ3v) is 7.05. The van der Waals surface area contributed by atoms with Crippen LogP contribution in [-0.2, 0) is 21.2 Å². The molecule has 2 aromatic rings. The fourth-order valence-corrected chi connectivity index (χ4v) is 5.29. The van der Waals surface area contributed by atoms with E-state index in [1.165, 1.54) is 11.4 Å². The molecule has 3 rings (SSSR count). The van der Waals surface area contributed by atoms with Gasteiger partial charge in [0.15, 0.2) is 0 Å². The normalized spacial score (nSPS) is 16.3. The number of hydrogen-bond acceptors (Lipinski definition) is 5. The first kappa shape index (κ1) is 18.7. The van der Waals surface area contributed by atoms with Crippen LogP contribution in [0.25, 0.3) is 0 Å². The van der Waals surface area contributed by atoms with E-state index < -0.39 is 10.0 Å². The zero-order valence-electron chi connectivity index (χ0n) is 14.6. The summed E-state index contributed by atoms with van der Waals surface area (Å²) < 4.78 is 31.5. The predicted octanol–water partition coefficient (Wildman–Crippen LogP) is 3.26. The van der Waals surface area contributed by atoms with E-state index >= 15 is 0 Å². The molecule has 0 atom stereocenters. The van der Waals surface area contributed by atoms with Gasteiger partial charge in [0, 0.05) is 23.5 Å². The summed E-state index contributed by atoms with van der Waals surface area (Å²) in [6.07, 6.45) is 2.54. The SMILES string of the molecule is COc1ccc(NC(=O)CCc2cccs2)cc1N1CCCCS1(=O)=O. The lowest BCUT2D eigenvalue weighted by atomic mass is 10.2. The van der Waals surface area contributed by atoms with Gasteiger partial charge >= 0.3 is 0 Å². The summed E-state index contributed by atoms with van der Waals surface area (Å²) in [6.45, 7) is 0.425. The van der Waals surface area contributed by atoms with Gasteiger partial charge in [-0.15, -0.1) is 11.3 Å². The number of rotatable bonds is 6. The number of methoxy groups -OCH3 is 1. The lowest BCUT2D eigenvalue weighted by Gasteiger charge is -2.29. The van der Waals surface area contributed by atoms with Crippen molar-refractivity contribution in [3.8, 4) is 5.75 Å². The number of carbonyl (C=O) groups is 1. The molecule has 140 valence electrons. The third-order valence-electron chi connectivity index (χ3n) is 4.26. The van der Waals surface area contributed by atoms with Crippen molar-refractivity contribution >= 4 is 38.6 Å². The molecule has 2 heterocycles. The summed E-state index contributed by atoms with van der Waals surface area (Å²) in [7, 11) is -1.84. The Hall–Kier alpha value is -2.06. The Balaban J connectivity index is 1.75. The number of thiophene rings is 1. The summed E-state index contributed by atoms with van der Waals surface area (Å²) in [4.78, 5) is 13.4. The van der Waals surface area contributed by atoms with Crippen molar-refractivity contribution in [1.82, 2.24) is 0 Å². The Morgan fingerprint density at radius 1 is 1.31 bits per heavy atom. The van der Waals surface area contributed by atoms with E-state index in [1.54, 1.807) is 29.5 Å². The minimum atomic E-state index is -3.35. The lowest BCUT2D eigenvalue weighted by Crippen LogP contribution is -2.38. The third kappa shape index (κ3) is 4.37. The van der Waals surface area contributed by atoms with Gasteiger partial charge in [0.25, 0.3) is 0 Å². The summed E-state index contributed by atoms with van der Waals surface area (Å²) >= 11 is 1.63. The Labute approximate surface area is 157 Å². The Bertz CT molecular complexity index is 863. The van der Waals surface area contributed by atoms with E-state index in [0.29, 0.717) is 42.9 Å². The minimum Gasteiger partial charge on any atom is -0.495 e. The van der Waals surface area contributed by atoms with Gasteiger partial charge in [0.2, 0.25) is 15.9 Å². The Kier molecular flexibility index (Phi) is 5.83. The molecule has 1 aromatic heterocycles. The van der Waals surface area contributed by atoms with Crippen LogP contribution in [0.3, 0.4) is 0 Å². The molecule has 1 amide bonds. The fourth-order valence-electron chi connectivity index (χ4n) is 2.94. The lowest BCUT2D eigenvalue weighted by molar-refractivity contribution is -0.116. The molecule has 8 heteroatoms. The van der Waals surface area contributed by atoms with Crippen LogP contribution in [0.4, 0.5) is 11.4 Å². The highest BCUT2D eigenvalue weighted by atomic mass is 32.2. The molecule has 26 heavy (non-hydrogen) atoms.